The van der Waals surface area contributed by atoms with Gasteiger partial charge in [0.15, 0.2) is 0 Å². The van der Waals surface area contributed by atoms with Gasteiger partial charge >= 0.3 is 0 Å². The van der Waals surface area contributed by atoms with Crippen molar-refractivity contribution in [2.75, 3.05) is 5.09 Å². The van der Waals surface area contributed by atoms with Crippen molar-refractivity contribution >= 4 is 55.7 Å². The maximum Gasteiger partial charge on any atom is 0.0999 e. The summed E-state index contributed by atoms with van der Waals surface area (Å²) >= 11 is 5.56. The number of hydrogen-bond acceptors (Lipinski definition) is 3. The summed E-state index contributed by atoms with van der Waals surface area (Å²) in [6, 6.07) is 5.73. The Kier molecular flexibility index (Phi) is 4.97. The highest BCUT2D eigenvalue weighted by Gasteiger charge is 2.11. The molecule has 1 aromatic rings. The molecule has 0 saturated heterocycles. The van der Waals surface area contributed by atoms with E-state index in [1.54, 1.807) is 13.0 Å². The van der Waals surface area contributed by atoms with Crippen molar-refractivity contribution in [3.05, 3.63) is 27.7 Å². The standard InChI is InChI=1S/C9H8BrIN3P/c1-5(13)9-6(4-12)2-7(10)3-8(9)14-15-11/h2-3,13-15H,1H3. The van der Waals surface area contributed by atoms with Crippen LogP contribution in [-0.2, 0) is 0 Å². The van der Waals surface area contributed by atoms with Crippen LogP contribution in [0.5, 0.6) is 0 Å². The van der Waals surface area contributed by atoms with Gasteiger partial charge in [0.1, 0.15) is 0 Å². The van der Waals surface area contributed by atoms with Gasteiger partial charge in [0.05, 0.1) is 11.6 Å². The molecule has 0 bridgehead atoms. The molecule has 0 radical (unpaired) electrons. The number of halogens is 2. The first-order chi connectivity index (χ1) is 7.10. The summed E-state index contributed by atoms with van der Waals surface area (Å²) < 4.78 is 0.848. The van der Waals surface area contributed by atoms with Crippen LogP contribution in [0.3, 0.4) is 0 Å². The first-order valence-electron chi connectivity index (χ1n) is 4.01. The molecule has 1 unspecified atom stereocenters. The first kappa shape index (κ1) is 12.9. The Morgan fingerprint density at radius 3 is 2.80 bits per heavy atom. The molecule has 1 atom stereocenters. The molecule has 1 rings (SSSR count). The third-order valence-electron chi connectivity index (χ3n) is 1.78. The Balaban J connectivity index is 3.41. The van der Waals surface area contributed by atoms with Gasteiger partial charge in [-0.05, 0) is 41.1 Å². The Morgan fingerprint density at radius 1 is 1.67 bits per heavy atom. The average Bonchev–Trinajstić information content (AvgIpc) is 2.16. The lowest BCUT2D eigenvalue weighted by atomic mass is 10.0. The lowest BCUT2D eigenvalue weighted by Crippen LogP contribution is -2.01. The molecule has 0 saturated carbocycles. The van der Waals surface area contributed by atoms with E-state index in [-0.39, 0.29) is 0 Å². The van der Waals surface area contributed by atoms with Crippen LogP contribution in [0.1, 0.15) is 18.1 Å². The molecule has 2 N–H and O–H groups in total. The van der Waals surface area contributed by atoms with Crippen molar-refractivity contribution in [1.29, 1.82) is 10.7 Å². The second kappa shape index (κ2) is 5.78. The van der Waals surface area contributed by atoms with Crippen LogP contribution in [0.25, 0.3) is 0 Å². The Morgan fingerprint density at radius 2 is 2.33 bits per heavy atom. The van der Waals surface area contributed by atoms with Crippen LogP contribution in [-0.4, -0.2) is 5.71 Å². The number of rotatable bonds is 3. The summed E-state index contributed by atoms with van der Waals surface area (Å²) in [5.74, 6) is 0. The zero-order chi connectivity index (χ0) is 11.4. The number of nitrogens with one attached hydrogen (secondary N) is 2. The SMILES string of the molecule is CC(=N)c1c(C#N)cc(Br)cc1NPI. The van der Waals surface area contributed by atoms with E-state index in [0.29, 0.717) is 23.2 Å². The molecule has 0 aliphatic heterocycles. The summed E-state index contributed by atoms with van der Waals surface area (Å²) in [4.78, 5) is 0. The molecule has 0 aliphatic rings. The molecular weight excluding hydrogens is 388 g/mol. The lowest BCUT2D eigenvalue weighted by Gasteiger charge is -2.11. The van der Waals surface area contributed by atoms with E-state index in [9.17, 15) is 0 Å². The summed E-state index contributed by atoms with van der Waals surface area (Å²) in [5, 5.41) is 19.8. The van der Waals surface area contributed by atoms with Gasteiger partial charge in [0.25, 0.3) is 0 Å². The van der Waals surface area contributed by atoms with Gasteiger partial charge in [-0.15, -0.1) is 0 Å². The topological polar surface area (TPSA) is 59.7 Å². The van der Waals surface area contributed by atoms with Gasteiger partial charge in [-0.2, -0.15) is 5.26 Å². The van der Waals surface area contributed by atoms with Gasteiger partial charge in [-0.25, -0.2) is 0 Å². The quantitative estimate of drug-likeness (QED) is 0.460. The zero-order valence-electron chi connectivity index (χ0n) is 7.86. The third-order valence-corrected chi connectivity index (χ3v) is 3.41. The molecule has 0 fully saturated rings. The number of nitrogens with zero attached hydrogens (tertiary/aromatic N) is 1. The number of hydrogen-bond donors (Lipinski definition) is 2. The molecule has 6 heteroatoms. The van der Waals surface area contributed by atoms with Crippen LogP contribution in [0.15, 0.2) is 16.6 Å². The van der Waals surface area contributed by atoms with Crippen LogP contribution >= 0.6 is 44.3 Å². The van der Waals surface area contributed by atoms with E-state index in [2.05, 4.69) is 49.1 Å². The van der Waals surface area contributed by atoms with Crippen molar-refractivity contribution in [3.8, 4) is 6.07 Å². The third kappa shape index (κ3) is 3.13. The largest absolute Gasteiger partial charge is 0.358 e. The zero-order valence-corrected chi connectivity index (χ0v) is 12.6. The van der Waals surface area contributed by atoms with Crippen LogP contribution in [0.2, 0.25) is 0 Å². The fourth-order valence-corrected chi connectivity index (χ4v) is 2.88. The predicted octanol–water partition coefficient (Wildman–Crippen LogP) is 4.06. The minimum atomic E-state index is 0.399. The molecule has 0 heterocycles. The monoisotopic (exact) mass is 395 g/mol. The minimum absolute atomic E-state index is 0.399. The van der Waals surface area contributed by atoms with E-state index >= 15 is 0 Å². The minimum Gasteiger partial charge on any atom is -0.358 e. The lowest BCUT2D eigenvalue weighted by molar-refractivity contribution is 1.41. The summed E-state index contributed by atoms with van der Waals surface area (Å²) in [6.45, 7) is 1.69. The Bertz CT molecular complexity index is 442. The van der Waals surface area contributed by atoms with Crippen molar-refractivity contribution in [1.82, 2.24) is 0 Å². The molecule has 1 aromatic carbocycles. The molecule has 3 nitrogen and oxygen atoms in total. The fraction of sp³-hybridized carbons (Fsp3) is 0.111. The van der Waals surface area contributed by atoms with Crippen molar-refractivity contribution in [2.45, 2.75) is 6.92 Å². The molecular formula is C9H8BrIN3P. The summed E-state index contributed by atoms with van der Waals surface area (Å²) in [7, 11) is 0. The van der Waals surface area contributed by atoms with Crippen LogP contribution < -0.4 is 5.09 Å². The number of anilines is 1. The number of benzene rings is 1. The van der Waals surface area contributed by atoms with Crippen molar-refractivity contribution in [3.63, 3.8) is 0 Å². The van der Waals surface area contributed by atoms with Crippen molar-refractivity contribution < 1.29 is 0 Å². The summed E-state index contributed by atoms with van der Waals surface area (Å²) in [5.41, 5.74) is 2.44. The number of nitriles is 1. The van der Waals surface area contributed by atoms with Gasteiger partial charge in [-0.3, -0.25) is 0 Å². The smallest absolute Gasteiger partial charge is 0.0999 e. The summed E-state index contributed by atoms with van der Waals surface area (Å²) in [6.07, 6.45) is 0.512. The predicted molar refractivity (Wildman–Crippen MR) is 77.3 cm³/mol. The normalized spacial score (nSPS) is 10.3. The Hall–Kier alpha value is -0.180. The van der Waals surface area contributed by atoms with Crippen molar-refractivity contribution in [2.24, 2.45) is 0 Å². The molecule has 0 amide bonds. The van der Waals surface area contributed by atoms with Gasteiger partial charge in [-0.1, -0.05) is 15.9 Å². The molecule has 0 aliphatic carbocycles. The van der Waals surface area contributed by atoms with E-state index in [1.807, 2.05) is 6.07 Å². The highest BCUT2D eigenvalue weighted by atomic mass is 127. The fourth-order valence-electron chi connectivity index (χ4n) is 1.25. The van der Waals surface area contributed by atoms with E-state index in [0.717, 1.165) is 10.2 Å². The van der Waals surface area contributed by atoms with E-state index in [1.165, 1.54) is 0 Å². The maximum atomic E-state index is 8.99. The molecule has 0 aromatic heterocycles. The molecule has 0 spiro atoms. The highest BCUT2D eigenvalue weighted by molar-refractivity contribution is 14.2. The van der Waals surface area contributed by atoms with Crippen LogP contribution in [0.4, 0.5) is 5.69 Å². The average molecular weight is 396 g/mol. The van der Waals surface area contributed by atoms with Crippen LogP contribution in [0, 0.1) is 16.7 Å². The van der Waals surface area contributed by atoms with E-state index in [4.69, 9.17) is 10.7 Å². The second-order valence-corrected chi connectivity index (χ2v) is 5.80. The van der Waals surface area contributed by atoms with E-state index < -0.39 is 0 Å². The van der Waals surface area contributed by atoms with Gasteiger partial charge in [0, 0.05) is 27.8 Å². The first-order valence-corrected chi connectivity index (χ1v) is 8.91. The van der Waals surface area contributed by atoms with Gasteiger partial charge < -0.3 is 10.5 Å². The highest BCUT2D eigenvalue weighted by Crippen LogP contribution is 2.31. The van der Waals surface area contributed by atoms with Gasteiger partial charge in [0.2, 0.25) is 0 Å². The molecule has 15 heavy (non-hydrogen) atoms. The second-order valence-electron chi connectivity index (χ2n) is 2.83. The molecule has 78 valence electrons. The maximum absolute atomic E-state index is 8.99. The Labute approximate surface area is 112 Å².